The summed E-state index contributed by atoms with van der Waals surface area (Å²) in [4.78, 5) is 21.9. The molecule has 0 aliphatic heterocycles. The van der Waals surface area contributed by atoms with Crippen LogP contribution in [0, 0.1) is 10.1 Å². The lowest BCUT2D eigenvalue weighted by Crippen LogP contribution is -2.02. The highest BCUT2D eigenvalue weighted by Crippen LogP contribution is 2.43. The normalized spacial score (nSPS) is 14.1. The van der Waals surface area contributed by atoms with Crippen LogP contribution in [0.25, 0.3) is 5.69 Å². The number of carboxylic acids is 1. The number of nitrogens with zero attached hydrogens (tertiary/aromatic N) is 3. The minimum Gasteiger partial charge on any atom is -0.478 e. The molecule has 0 atom stereocenters. The third-order valence-electron chi connectivity index (χ3n) is 3.34. The molecule has 2 aromatic rings. The van der Waals surface area contributed by atoms with Crippen LogP contribution in [0.2, 0.25) is 5.15 Å². The third-order valence-corrected chi connectivity index (χ3v) is 3.69. The number of carbonyl (C=O) groups is 1. The molecule has 1 fully saturated rings. The molecule has 1 heterocycles. The smallest absolute Gasteiger partial charge is 0.340 e. The Hall–Kier alpha value is -2.41. The van der Waals surface area contributed by atoms with Gasteiger partial charge in [0, 0.05) is 12.0 Å². The van der Waals surface area contributed by atoms with E-state index in [2.05, 4.69) is 5.10 Å². The Morgan fingerprint density at radius 3 is 2.67 bits per heavy atom. The number of carboxylic acid groups (broad SMARTS) is 1. The zero-order valence-corrected chi connectivity index (χ0v) is 11.4. The van der Waals surface area contributed by atoms with E-state index in [1.165, 1.54) is 18.2 Å². The molecule has 0 radical (unpaired) electrons. The maximum absolute atomic E-state index is 11.4. The molecular weight excluding hydrogens is 298 g/mol. The average Bonchev–Trinajstić information content (AvgIpc) is 3.22. The zero-order valence-electron chi connectivity index (χ0n) is 10.7. The highest BCUT2D eigenvalue weighted by Gasteiger charge is 2.35. The fourth-order valence-corrected chi connectivity index (χ4v) is 2.52. The predicted molar refractivity (Wildman–Crippen MR) is 74.2 cm³/mol. The number of para-hydroxylation sites is 2. The van der Waals surface area contributed by atoms with Crippen molar-refractivity contribution in [3.05, 3.63) is 50.8 Å². The summed E-state index contributed by atoms with van der Waals surface area (Å²) in [6.45, 7) is 0. The van der Waals surface area contributed by atoms with Gasteiger partial charge in [-0.05, 0) is 18.9 Å². The number of nitro groups is 1. The summed E-state index contributed by atoms with van der Waals surface area (Å²) in [6.07, 6.45) is 1.70. The Kier molecular flexibility index (Phi) is 3.13. The van der Waals surface area contributed by atoms with Crippen LogP contribution in [-0.2, 0) is 0 Å². The largest absolute Gasteiger partial charge is 0.478 e. The lowest BCUT2D eigenvalue weighted by Gasteiger charge is -2.03. The molecule has 108 valence electrons. The van der Waals surface area contributed by atoms with Crippen LogP contribution in [-0.4, -0.2) is 25.8 Å². The summed E-state index contributed by atoms with van der Waals surface area (Å²) in [5, 5.41) is 24.5. The number of rotatable bonds is 4. The summed E-state index contributed by atoms with van der Waals surface area (Å²) < 4.78 is 1.14. The SMILES string of the molecule is O=C(O)c1c(C2CC2)nn(-c2ccccc2[N+](=O)[O-])c1Cl. The molecule has 7 nitrogen and oxygen atoms in total. The Bertz CT molecular complexity index is 752. The van der Waals surface area contributed by atoms with Crippen molar-refractivity contribution < 1.29 is 14.8 Å². The van der Waals surface area contributed by atoms with Gasteiger partial charge in [0.1, 0.15) is 16.4 Å². The van der Waals surface area contributed by atoms with Crippen LogP contribution in [0.15, 0.2) is 24.3 Å². The number of benzene rings is 1. The van der Waals surface area contributed by atoms with Gasteiger partial charge in [0.25, 0.3) is 5.69 Å². The van der Waals surface area contributed by atoms with Crippen molar-refractivity contribution in [2.24, 2.45) is 0 Å². The van der Waals surface area contributed by atoms with Gasteiger partial charge in [-0.15, -0.1) is 0 Å². The van der Waals surface area contributed by atoms with Crippen molar-refractivity contribution in [2.75, 3.05) is 0 Å². The lowest BCUT2D eigenvalue weighted by molar-refractivity contribution is -0.384. The zero-order chi connectivity index (χ0) is 15.1. The fourth-order valence-electron chi connectivity index (χ4n) is 2.21. The Morgan fingerprint density at radius 1 is 1.43 bits per heavy atom. The van der Waals surface area contributed by atoms with Crippen molar-refractivity contribution in [3.8, 4) is 5.69 Å². The predicted octanol–water partition coefficient (Wildman–Crippen LogP) is 3.01. The van der Waals surface area contributed by atoms with Crippen LogP contribution in [0.4, 0.5) is 5.69 Å². The molecule has 1 aliphatic rings. The van der Waals surface area contributed by atoms with Crippen LogP contribution < -0.4 is 0 Å². The third kappa shape index (κ3) is 2.25. The number of nitro benzene ring substituents is 1. The van der Waals surface area contributed by atoms with Crippen molar-refractivity contribution in [3.63, 3.8) is 0 Å². The van der Waals surface area contributed by atoms with Gasteiger partial charge in [0.05, 0.1) is 10.6 Å². The molecule has 0 unspecified atom stereocenters. The number of aromatic nitrogens is 2. The van der Waals surface area contributed by atoms with Crippen molar-refractivity contribution >= 4 is 23.3 Å². The Balaban J connectivity index is 2.22. The van der Waals surface area contributed by atoms with E-state index in [-0.39, 0.29) is 28.0 Å². The molecule has 0 saturated heterocycles. The summed E-state index contributed by atoms with van der Waals surface area (Å²) in [5.41, 5.74) is 0.297. The summed E-state index contributed by atoms with van der Waals surface area (Å²) in [6, 6.07) is 5.94. The van der Waals surface area contributed by atoms with Crippen molar-refractivity contribution in [1.29, 1.82) is 0 Å². The van der Waals surface area contributed by atoms with Crippen molar-refractivity contribution in [1.82, 2.24) is 9.78 Å². The van der Waals surface area contributed by atoms with Crippen LogP contribution >= 0.6 is 11.6 Å². The lowest BCUT2D eigenvalue weighted by atomic mass is 10.2. The quantitative estimate of drug-likeness (QED) is 0.691. The van der Waals surface area contributed by atoms with E-state index >= 15 is 0 Å². The van der Waals surface area contributed by atoms with Gasteiger partial charge in [-0.3, -0.25) is 10.1 Å². The second kappa shape index (κ2) is 4.85. The molecule has 1 saturated carbocycles. The summed E-state index contributed by atoms with van der Waals surface area (Å²) in [7, 11) is 0. The maximum atomic E-state index is 11.4. The second-order valence-corrected chi connectivity index (χ2v) is 5.15. The van der Waals surface area contributed by atoms with Gasteiger partial charge in [0.15, 0.2) is 0 Å². The van der Waals surface area contributed by atoms with Crippen molar-refractivity contribution in [2.45, 2.75) is 18.8 Å². The van der Waals surface area contributed by atoms with Gasteiger partial charge in [-0.25, -0.2) is 9.48 Å². The van der Waals surface area contributed by atoms with Crippen LogP contribution in [0.3, 0.4) is 0 Å². The van der Waals surface area contributed by atoms with E-state index < -0.39 is 10.9 Å². The molecule has 1 aliphatic carbocycles. The fraction of sp³-hybridized carbons (Fsp3) is 0.231. The number of hydrogen-bond acceptors (Lipinski definition) is 4. The topological polar surface area (TPSA) is 98.3 Å². The van der Waals surface area contributed by atoms with Crippen LogP contribution in [0.5, 0.6) is 0 Å². The first kappa shape index (κ1) is 13.6. The van der Waals surface area contributed by atoms with E-state index in [0.717, 1.165) is 17.5 Å². The molecule has 1 aromatic heterocycles. The maximum Gasteiger partial charge on any atom is 0.340 e. The Labute approximate surface area is 123 Å². The second-order valence-electron chi connectivity index (χ2n) is 4.79. The minimum absolute atomic E-state index is 0.0672. The number of aromatic carboxylic acids is 1. The minimum atomic E-state index is -1.17. The molecule has 8 heteroatoms. The van der Waals surface area contributed by atoms with E-state index in [9.17, 15) is 20.0 Å². The van der Waals surface area contributed by atoms with Crippen LogP contribution in [0.1, 0.15) is 34.8 Å². The first-order chi connectivity index (χ1) is 10.0. The molecule has 0 amide bonds. The molecule has 0 spiro atoms. The average molecular weight is 308 g/mol. The first-order valence-electron chi connectivity index (χ1n) is 6.26. The summed E-state index contributed by atoms with van der Waals surface area (Å²) in [5.74, 6) is -1.11. The highest BCUT2D eigenvalue weighted by atomic mass is 35.5. The van der Waals surface area contributed by atoms with Gasteiger partial charge in [-0.1, -0.05) is 23.7 Å². The molecule has 1 aromatic carbocycles. The highest BCUT2D eigenvalue weighted by molar-refractivity contribution is 6.33. The van der Waals surface area contributed by atoms with E-state index in [1.807, 2.05) is 0 Å². The van der Waals surface area contributed by atoms with E-state index in [0.29, 0.717) is 5.69 Å². The molecule has 21 heavy (non-hydrogen) atoms. The summed E-state index contributed by atoms with van der Waals surface area (Å²) >= 11 is 6.10. The van der Waals surface area contributed by atoms with Gasteiger partial charge >= 0.3 is 5.97 Å². The molecule has 1 N–H and O–H groups in total. The number of hydrogen-bond donors (Lipinski definition) is 1. The molecule has 0 bridgehead atoms. The van der Waals surface area contributed by atoms with Gasteiger partial charge < -0.3 is 5.11 Å². The number of halogens is 1. The van der Waals surface area contributed by atoms with Gasteiger partial charge in [-0.2, -0.15) is 5.10 Å². The van der Waals surface area contributed by atoms with E-state index in [4.69, 9.17) is 11.6 Å². The van der Waals surface area contributed by atoms with Gasteiger partial charge in [0.2, 0.25) is 0 Å². The standard InChI is InChI=1S/C13H10ClN3O4/c14-12-10(13(18)19)11(7-5-6-7)15-16(12)8-3-1-2-4-9(8)17(20)21/h1-4,7H,5-6H2,(H,18,19). The van der Waals surface area contributed by atoms with E-state index in [1.54, 1.807) is 6.07 Å². The Morgan fingerprint density at radius 2 is 2.10 bits per heavy atom. The first-order valence-corrected chi connectivity index (χ1v) is 6.64. The monoisotopic (exact) mass is 307 g/mol. The molecular formula is C13H10ClN3O4. The molecule has 3 rings (SSSR count).